The summed E-state index contributed by atoms with van der Waals surface area (Å²) in [7, 11) is 0. The maximum Gasteiger partial charge on any atom is 0.200 e. The predicted molar refractivity (Wildman–Crippen MR) is 78.2 cm³/mol. The Labute approximate surface area is 133 Å². The zero-order valence-corrected chi connectivity index (χ0v) is 12.0. The summed E-state index contributed by atoms with van der Waals surface area (Å²) >= 11 is 0. The van der Waals surface area contributed by atoms with Gasteiger partial charge in [0.1, 0.15) is 0 Å². The Morgan fingerprint density at radius 3 is 1.88 bits per heavy atom. The van der Waals surface area contributed by atoms with E-state index in [4.69, 9.17) is 0 Å². The van der Waals surface area contributed by atoms with Crippen LogP contribution in [0.25, 0.3) is 10.8 Å². The number of Topliss-reactive ketones (excluding diaryl/α,β-unsaturated/α-hetero) is 1. The van der Waals surface area contributed by atoms with Gasteiger partial charge in [-0.3, -0.25) is 4.79 Å². The third kappa shape index (κ3) is 2.64. The van der Waals surface area contributed by atoms with Gasteiger partial charge in [-0.2, -0.15) is 0 Å². The third-order valence-corrected chi connectivity index (χ3v) is 3.71. The second-order valence-corrected chi connectivity index (χ2v) is 5.21. The minimum absolute atomic E-state index is 0.123. The van der Waals surface area contributed by atoms with E-state index in [2.05, 4.69) is 0 Å². The van der Waals surface area contributed by atoms with Crippen molar-refractivity contribution in [2.75, 3.05) is 0 Å². The molecule has 0 bridgehead atoms. The molecular weight excluding hydrogens is 327 g/mol. The maximum absolute atomic E-state index is 13.7. The first-order chi connectivity index (χ1) is 11.4. The Bertz CT molecular complexity index is 936. The first kappa shape index (κ1) is 16.1. The molecule has 122 valence electrons. The summed E-state index contributed by atoms with van der Waals surface area (Å²) in [5.41, 5.74) is -1.01. The predicted octanol–water partition coefficient (Wildman–Crippen LogP) is 4.96. The molecule has 0 aliphatic rings. The molecule has 3 aromatic carbocycles. The van der Waals surface area contributed by atoms with E-state index in [0.717, 1.165) is 10.8 Å². The molecule has 0 N–H and O–H groups in total. The average Bonchev–Trinajstić information content (AvgIpc) is 2.61. The zero-order chi connectivity index (χ0) is 17.4. The van der Waals surface area contributed by atoms with Crippen LogP contribution >= 0.6 is 0 Å². The first-order valence-electron chi connectivity index (χ1n) is 6.92. The average molecular weight is 336 g/mol. The monoisotopic (exact) mass is 336 g/mol. The molecule has 24 heavy (non-hydrogen) atoms. The van der Waals surface area contributed by atoms with Crippen LogP contribution in [0, 0.1) is 29.1 Å². The second-order valence-electron chi connectivity index (χ2n) is 5.21. The molecule has 0 amide bonds. The van der Waals surface area contributed by atoms with Crippen LogP contribution in [0.2, 0.25) is 0 Å². The fraction of sp³-hybridized carbons (Fsp3) is 0.0556. The molecule has 0 aliphatic heterocycles. The van der Waals surface area contributed by atoms with Crippen molar-refractivity contribution >= 4 is 16.6 Å². The highest BCUT2D eigenvalue weighted by Crippen LogP contribution is 2.25. The van der Waals surface area contributed by atoms with Gasteiger partial charge in [-0.05, 0) is 16.8 Å². The van der Waals surface area contributed by atoms with Gasteiger partial charge in [-0.1, -0.05) is 36.4 Å². The second kappa shape index (κ2) is 6.03. The molecule has 0 spiro atoms. The van der Waals surface area contributed by atoms with Crippen molar-refractivity contribution in [2.45, 2.75) is 6.42 Å². The minimum Gasteiger partial charge on any atom is -0.294 e. The molecule has 0 saturated heterocycles. The Kier molecular flexibility index (Phi) is 4.05. The molecule has 0 saturated carbocycles. The lowest BCUT2D eigenvalue weighted by Gasteiger charge is -2.08. The van der Waals surface area contributed by atoms with Crippen molar-refractivity contribution in [1.29, 1.82) is 0 Å². The Balaban J connectivity index is 2.00. The van der Waals surface area contributed by atoms with Gasteiger partial charge in [0.25, 0.3) is 0 Å². The van der Waals surface area contributed by atoms with Crippen molar-refractivity contribution in [3.8, 4) is 0 Å². The summed E-state index contributed by atoms with van der Waals surface area (Å²) in [6, 6.07) is 11.7. The quantitative estimate of drug-likeness (QED) is 0.286. The van der Waals surface area contributed by atoms with Gasteiger partial charge in [-0.25, -0.2) is 22.0 Å². The molecule has 0 radical (unpaired) electrons. The van der Waals surface area contributed by atoms with E-state index in [1.807, 2.05) is 6.07 Å². The number of hydrogen-bond acceptors (Lipinski definition) is 1. The van der Waals surface area contributed by atoms with Crippen LogP contribution in [-0.2, 0) is 6.42 Å². The van der Waals surface area contributed by atoms with Crippen molar-refractivity contribution in [3.63, 3.8) is 0 Å². The Hall–Kier alpha value is -2.76. The molecule has 0 aromatic heterocycles. The van der Waals surface area contributed by atoms with Crippen molar-refractivity contribution in [3.05, 3.63) is 82.7 Å². The highest BCUT2D eigenvalue weighted by Gasteiger charge is 2.27. The van der Waals surface area contributed by atoms with Crippen LogP contribution in [0.1, 0.15) is 15.9 Å². The third-order valence-electron chi connectivity index (χ3n) is 3.71. The fourth-order valence-electron chi connectivity index (χ4n) is 2.43. The molecule has 0 aliphatic carbocycles. The summed E-state index contributed by atoms with van der Waals surface area (Å²) < 4.78 is 66.7. The van der Waals surface area contributed by atoms with Gasteiger partial charge in [0, 0.05) is 17.5 Å². The largest absolute Gasteiger partial charge is 0.294 e. The van der Waals surface area contributed by atoms with E-state index in [9.17, 15) is 26.7 Å². The molecule has 3 aromatic rings. The highest BCUT2D eigenvalue weighted by atomic mass is 19.2. The molecule has 0 atom stereocenters. The number of fused-ring (bicyclic) bond motifs is 1. The summed E-state index contributed by atoms with van der Waals surface area (Å²) in [5, 5.41) is 1.58. The van der Waals surface area contributed by atoms with Gasteiger partial charge in [0.2, 0.25) is 5.82 Å². The van der Waals surface area contributed by atoms with Crippen LogP contribution in [-0.4, -0.2) is 5.78 Å². The van der Waals surface area contributed by atoms with Crippen LogP contribution in [0.15, 0.2) is 42.5 Å². The lowest BCUT2D eigenvalue weighted by Crippen LogP contribution is -2.12. The van der Waals surface area contributed by atoms with E-state index in [-0.39, 0.29) is 5.56 Å². The number of carbonyl (C=O) groups excluding carboxylic acids is 1. The normalized spacial score (nSPS) is 11.0. The van der Waals surface area contributed by atoms with Crippen LogP contribution < -0.4 is 0 Å². The first-order valence-corrected chi connectivity index (χ1v) is 6.92. The summed E-state index contributed by atoms with van der Waals surface area (Å²) in [5.74, 6) is -11.1. The van der Waals surface area contributed by atoms with E-state index < -0.39 is 46.9 Å². The van der Waals surface area contributed by atoms with E-state index >= 15 is 0 Å². The molecule has 6 heteroatoms. The standard InChI is InChI=1S/C18H9F5O/c19-14-12(15(20)17(22)18(23)16(14)21)8-13(24)11-6-5-9-3-1-2-4-10(9)7-11/h1-7H,8H2. The summed E-state index contributed by atoms with van der Waals surface area (Å²) in [4.78, 5) is 12.2. The van der Waals surface area contributed by atoms with Crippen molar-refractivity contribution in [1.82, 2.24) is 0 Å². The van der Waals surface area contributed by atoms with Gasteiger partial charge < -0.3 is 0 Å². The fourth-order valence-corrected chi connectivity index (χ4v) is 2.43. The van der Waals surface area contributed by atoms with E-state index in [1.165, 1.54) is 12.1 Å². The lowest BCUT2D eigenvalue weighted by atomic mass is 9.99. The molecule has 0 heterocycles. The van der Waals surface area contributed by atoms with Gasteiger partial charge in [-0.15, -0.1) is 0 Å². The maximum atomic E-state index is 13.7. The van der Waals surface area contributed by atoms with Crippen LogP contribution in [0.3, 0.4) is 0 Å². The molecule has 3 rings (SSSR count). The number of carbonyl (C=O) groups is 1. The SMILES string of the molecule is O=C(Cc1c(F)c(F)c(F)c(F)c1F)c1ccc2ccccc2c1. The van der Waals surface area contributed by atoms with Gasteiger partial charge >= 0.3 is 0 Å². The molecule has 0 fully saturated rings. The number of benzene rings is 3. The number of halogens is 5. The Morgan fingerprint density at radius 1 is 0.708 bits per heavy atom. The number of rotatable bonds is 3. The van der Waals surface area contributed by atoms with E-state index in [1.54, 1.807) is 24.3 Å². The van der Waals surface area contributed by atoms with Gasteiger partial charge in [0.15, 0.2) is 29.1 Å². The lowest BCUT2D eigenvalue weighted by molar-refractivity contribution is 0.0990. The van der Waals surface area contributed by atoms with Gasteiger partial charge in [0.05, 0.1) is 0 Å². The smallest absolute Gasteiger partial charge is 0.200 e. The molecule has 1 nitrogen and oxygen atoms in total. The zero-order valence-electron chi connectivity index (χ0n) is 12.0. The number of ketones is 1. The molecular formula is C18H9F5O. The summed E-state index contributed by atoms with van der Waals surface area (Å²) in [6.45, 7) is 0. The highest BCUT2D eigenvalue weighted by molar-refractivity contribution is 6.01. The van der Waals surface area contributed by atoms with Crippen molar-refractivity contribution < 1.29 is 26.7 Å². The van der Waals surface area contributed by atoms with Crippen molar-refractivity contribution in [2.24, 2.45) is 0 Å². The van der Waals surface area contributed by atoms with Crippen LogP contribution in [0.4, 0.5) is 22.0 Å². The van der Waals surface area contributed by atoms with E-state index in [0.29, 0.717) is 0 Å². The summed E-state index contributed by atoms with van der Waals surface area (Å²) in [6.07, 6.45) is -0.926. The van der Waals surface area contributed by atoms with Crippen LogP contribution in [0.5, 0.6) is 0 Å². The number of hydrogen-bond donors (Lipinski definition) is 0. The molecule has 0 unspecified atom stereocenters. The topological polar surface area (TPSA) is 17.1 Å². The minimum atomic E-state index is -2.24. The Morgan fingerprint density at radius 2 is 1.25 bits per heavy atom.